The Labute approximate surface area is 160 Å². The third kappa shape index (κ3) is 4.38. The van der Waals surface area contributed by atoms with Crippen molar-refractivity contribution in [3.63, 3.8) is 0 Å². The van der Waals surface area contributed by atoms with Gasteiger partial charge in [0, 0.05) is 35.8 Å². The van der Waals surface area contributed by atoms with E-state index in [1.165, 1.54) is 30.0 Å². The number of aromatic nitrogens is 2. The van der Waals surface area contributed by atoms with Gasteiger partial charge in [0.25, 0.3) is 0 Å². The molecular weight excluding hydrogens is 365 g/mol. The van der Waals surface area contributed by atoms with Crippen molar-refractivity contribution in [2.45, 2.75) is 6.92 Å². The number of nitrogens with one attached hydrogen (secondary N) is 1. The lowest BCUT2D eigenvalue weighted by atomic mass is 10.1. The number of anilines is 1. The number of phenols is 1. The average molecular weight is 383 g/mol. The SMILES string of the molecule is CS/C(=C\C(=O)c1ccc(-n2cccn2)cc1)Nc1cc(F)c(O)cc1C. The van der Waals surface area contributed by atoms with E-state index < -0.39 is 11.6 Å². The summed E-state index contributed by atoms with van der Waals surface area (Å²) in [4.78, 5) is 12.5. The zero-order valence-corrected chi connectivity index (χ0v) is 15.6. The molecule has 2 N–H and O–H groups in total. The molecule has 0 saturated carbocycles. The Morgan fingerprint density at radius 3 is 2.67 bits per heavy atom. The molecule has 3 rings (SSSR count). The fourth-order valence-electron chi connectivity index (χ4n) is 2.48. The molecule has 0 aliphatic heterocycles. The fraction of sp³-hybridized carbons (Fsp3) is 0.100. The van der Waals surface area contributed by atoms with Crippen molar-refractivity contribution in [1.82, 2.24) is 9.78 Å². The summed E-state index contributed by atoms with van der Waals surface area (Å²) in [7, 11) is 0. The molecule has 0 amide bonds. The van der Waals surface area contributed by atoms with Crippen LogP contribution in [0.1, 0.15) is 15.9 Å². The first kappa shape index (κ1) is 18.7. The number of carbonyl (C=O) groups is 1. The number of benzene rings is 2. The molecule has 0 radical (unpaired) electrons. The van der Waals surface area contributed by atoms with Crippen LogP contribution in [0.4, 0.5) is 10.1 Å². The molecule has 0 aliphatic rings. The van der Waals surface area contributed by atoms with Crippen molar-refractivity contribution in [3.05, 3.63) is 82.9 Å². The summed E-state index contributed by atoms with van der Waals surface area (Å²) in [6, 6.07) is 11.5. The van der Waals surface area contributed by atoms with Gasteiger partial charge in [0.2, 0.25) is 0 Å². The Morgan fingerprint density at radius 2 is 2.04 bits per heavy atom. The van der Waals surface area contributed by atoms with Crippen LogP contribution in [-0.2, 0) is 0 Å². The second kappa shape index (κ2) is 8.09. The van der Waals surface area contributed by atoms with E-state index in [0.717, 1.165) is 5.69 Å². The number of thioether (sulfide) groups is 1. The summed E-state index contributed by atoms with van der Waals surface area (Å²) in [6.07, 6.45) is 6.80. The second-order valence-corrected chi connectivity index (χ2v) is 6.67. The first-order valence-corrected chi connectivity index (χ1v) is 9.36. The molecule has 1 heterocycles. The zero-order chi connectivity index (χ0) is 19.4. The topological polar surface area (TPSA) is 67.2 Å². The minimum absolute atomic E-state index is 0.171. The van der Waals surface area contributed by atoms with Crippen LogP contribution >= 0.6 is 11.8 Å². The number of aromatic hydroxyl groups is 1. The molecule has 0 saturated heterocycles. The largest absolute Gasteiger partial charge is 0.505 e. The molecule has 7 heteroatoms. The average Bonchev–Trinajstić information content (AvgIpc) is 3.20. The summed E-state index contributed by atoms with van der Waals surface area (Å²) in [6.45, 7) is 1.75. The van der Waals surface area contributed by atoms with Gasteiger partial charge >= 0.3 is 0 Å². The first-order valence-electron chi connectivity index (χ1n) is 8.14. The highest BCUT2D eigenvalue weighted by Gasteiger charge is 2.10. The number of allylic oxidation sites excluding steroid dienone is 1. The zero-order valence-electron chi connectivity index (χ0n) is 14.8. The van der Waals surface area contributed by atoms with E-state index in [1.54, 1.807) is 29.9 Å². The Kier molecular flexibility index (Phi) is 5.61. The molecule has 138 valence electrons. The molecule has 27 heavy (non-hydrogen) atoms. The number of nitrogens with zero attached hydrogens (tertiary/aromatic N) is 2. The van der Waals surface area contributed by atoms with Gasteiger partial charge in [0.05, 0.1) is 10.7 Å². The summed E-state index contributed by atoms with van der Waals surface area (Å²) in [5.41, 5.74) is 2.56. The highest BCUT2D eigenvalue weighted by atomic mass is 32.2. The monoisotopic (exact) mass is 383 g/mol. The summed E-state index contributed by atoms with van der Waals surface area (Å²) < 4.78 is 15.3. The molecule has 0 atom stereocenters. The van der Waals surface area contributed by atoms with Crippen molar-refractivity contribution >= 4 is 23.2 Å². The van der Waals surface area contributed by atoms with Gasteiger partial charge in [-0.05, 0) is 55.1 Å². The van der Waals surface area contributed by atoms with Gasteiger partial charge in [-0.25, -0.2) is 9.07 Å². The molecule has 0 fully saturated rings. The van der Waals surface area contributed by atoms with Crippen molar-refractivity contribution in [2.24, 2.45) is 0 Å². The van der Waals surface area contributed by atoms with Crippen LogP contribution in [-0.4, -0.2) is 26.9 Å². The second-order valence-electron chi connectivity index (χ2n) is 5.82. The number of aryl methyl sites for hydroxylation is 1. The fourth-order valence-corrected chi connectivity index (χ4v) is 2.92. The number of halogens is 1. The lowest BCUT2D eigenvalue weighted by Gasteiger charge is -2.12. The van der Waals surface area contributed by atoms with Crippen molar-refractivity contribution in [1.29, 1.82) is 0 Å². The van der Waals surface area contributed by atoms with E-state index in [4.69, 9.17) is 0 Å². The molecule has 2 aromatic carbocycles. The Hall–Kier alpha value is -3.06. The number of carbonyl (C=O) groups excluding carboxylic acids is 1. The summed E-state index contributed by atoms with van der Waals surface area (Å²) >= 11 is 1.34. The van der Waals surface area contributed by atoms with Crippen LogP contribution in [0.25, 0.3) is 5.69 Å². The van der Waals surface area contributed by atoms with Gasteiger partial charge in [0.15, 0.2) is 17.3 Å². The number of phenolic OH excluding ortho intramolecular Hbond substituents is 1. The van der Waals surface area contributed by atoms with Crippen molar-refractivity contribution < 1.29 is 14.3 Å². The number of ketones is 1. The smallest absolute Gasteiger partial charge is 0.188 e. The first-order chi connectivity index (χ1) is 13.0. The highest BCUT2D eigenvalue weighted by molar-refractivity contribution is 8.02. The van der Waals surface area contributed by atoms with Crippen molar-refractivity contribution in [3.8, 4) is 11.4 Å². The van der Waals surface area contributed by atoms with Crippen molar-refractivity contribution in [2.75, 3.05) is 11.6 Å². The quantitative estimate of drug-likeness (QED) is 0.372. The van der Waals surface area contributed by atoms with Gasteiger partial charge in [-0.1, -0.05) is 0 Å². The standard InChI is InChI=1S/C20H18FN3O2S/c1-13-10-19(26)16(21)11-17(13)23-20(27-2)12-18(25)14-4-6-15(7-5-14)24-9-3-8-22-24/h3-12,23,26H,1-2H3/b20-12-. The molecule has 5 nitrogen and oxygen atoms in total. The van der Waals surface area contributed by atoms with Gasteiger partial charge < -0.3 is 10.4 Å². The minimum Gasteiger partial charge on any atom is -0.505 e. The molecule has 0 unspecified atom stereocenters. The van der Waals surface area contributed by atoms with Crippen LogP contribution in [0.15, 0.2) is 66.0 Å². The molecule has 3 aromatic rings. The van der Waals surface area contributed by atoms with Crippen LogP contribution in [0.5, 0.6) is 5.75 Å². The maximum Gasteiger partial charge on any atom is 0.188 e. The maximum atomic E-state index is 13.6. The van der Waals surface area contributed by atoms with Crippen LogP contribution < -0.4 is 5.32 Å². The predicted molar refractivity (Wildman–Crippen MR) is 106 cm³/mol. The van der Waals surface area contributed by atoms with Crippen LogP contribution in [0, 0.1) is 12.7 Å². The third-order valence-electron chi connectivity index (χ3n) is 3.95. The van der Waals surface area contributed by atoms with E-state index in [9.17, 15) is 14.3 Å². The predicted octanol–water partition coefficient (Wildman–Crippen LogP) is 4.52. The highest BCUT2D eigenvalue weighted by Crippen LogP contribution is 2.27. The van der Waals surface area contributed by atoms with Gasteiger partial charge in [-0.15, -0.1) is 11.8 Å². The molecule has 0 spiro atoms. The third-order valence-corrected chi connectivity index (χ3v) is 4.61. The Balaban J connectivity index is 1.79. The molecular formula is C20H18FN3O2S. The number of hydrogen-bond donors (Lipinski definition) is 2. The van der Waals surface area contributed by atoms with Gasteiger partial charge in [-0.2, -0.15) is 5.10 Å². The van der Waals surface area contributed by atoms with Crippen LogP contribution in [0.2, 0.25) is 0 Å². The Morgan fingerprint density at radius 1 is 1.30 bits per heavy atom. The van der Waals surface area contributed by atoms with E-state index in [0.29, 0.717) is 21.8 Å². The van der Waals surface area contributed by atoms with Gasteiger partial charge in [0.1, 0.15) is 0 Å². The number of hydrogen-bond acceptors (Lipinski definition) is 5. The van der Waals surface area contributed by atoms with Crippen LogP contribution in [0.3, 0.4) is 0 Å². The van der Waals surface area contributed by atoms with E-state index >= 15 is 0 Å². The molecule has 1 aromatic heterocycles. The van der Waals surface area contributed by atoms with Gasteiger partial charge in [-0.3, -0.25) is 4.79 Å². The minimum atomic E-state index is -0.718. The number of rotatable bonds is 6. The molecule has 0 aliphatic carbocycles. The summed E-state index contributed by atoms with van der Waals surface area (Å²) in [5, 5.41) is 17.2. The molecule has 0 bridgehead atoms. The normalized spacial score (nSPS) is 11.4. The van der Waals surface area contributed by atoms with E-state index in [1.807, 2.05) is 30.7 Å². The maximum absolute atomic E-state index is 13.6. The van der Waals surface area contributed by atoms with E-state index in [-0.39, 0.29) is 5.78 Å². The van der Waals surface area contributed by atoms with E-state index in [2.05, 4.69) is 10.4 Å². The summed E-state index contributed by atoms with van der Waals surface area (Å²) in [5.74, 6) is -1.29. The lowest BCUT2D eigenvalue weighted by Crippen LogP contribution is -2.03. The Bertz CT molecular complexity index is 983. The lowest BCUT2D eigenvalue weighted by molar-refractivity contribution is 0.104.